The number of nitrogens with zero attached hydrogens (tertiary/aromatic N) is 3. The van der Waals surface area contributed by atoms with Crippen molar-refractivity contribution in [2.45, 2.75) is 13.3 Å². The van der Waals surface area contributed by atoms with Crippen LogP contribution in [0, 0.1) is 5.92 Å². The first-order chi connectivity index (χ1) is 15.2. The van der Waals surface area contributed by atoms with Gasteiger partial charge in [-0.3, -0.25) is 4.40 Å². The highest BCUT2D eigenvalue weighted by Gasteiger charge is 2.23. The predicted molar refractivity (Wildman–Crippen MR) is 132 cm³/mol. The molecule has 2 heterocycles. The third kappa shape index (κ3) is 2.86. The van der Waals surface area contributed by atoms with Crippen molar-refractivity contribution in [2.24, 2.45) is 5.92 Å². The molecule has 1 atom stereocenters. The van der Waals surface area contributed by atoms with Crippen LogP contribution in [0.15, 0.2) is 89.4 Å². The Hall–Kier alpha value is -3.24. The van der Waals surface area contributed by atoms with E-state index in [4.69, 9.17) is 5.10 Å². The minimum absolute atomic E-state index is 0.413. The lowest BCUT2D eigenvalue weighted by Crippen LogP contribution is -2.07. The van der Waals surface area contributed by atoms with Crippen LogP contribution in [0.5, 0.6) is 0 Å². The van der Waals surface area contributed by atoms with Crippen molar-refractivity contribution < 1.29 is 0 Å². The highest BCUT2D eigenvalue weighted by atomic mass is 79.9. The Labute approximate surface area is 188 Å². The lowest BCUT2D eigenvalue weighted by molar-refractivity contribution is 0.760. The first kappa shape index (κ1) is 18.5. The number of aromatic nitrogens is 3. The number of allylic oxidation sites excluding steroid dienone is 4. The lowest BCUT2D eigenvalue weighted by Gasteiger charge is -2.22. The van der Waals surface area contributed by atoms with Crippen molar-refractivity contribution in [3.05, 3.63) is 101 Å². The summed E-state index contributed by atoms with van der Waals surface area (Å²) < 4.78 is 3.29. The van der Waals surface area contributed by atoms with Crippen LogP contribution in [-0.2, 0) is 0 Å². The summed E-state index contributed by atoms with van der Waals surface area (Å²) in [7, 11) is 0. The molecular weight excluding hydrogens is 446 g/mol. The molecule has 0 amide bonds. The highest BCUT2D eigenvalue weighted by molar-refractivity contribution is 9.10. The third-order valence-electron chi connectivity index (χ3n) is 6.20. The Bertz CT molecular complexity index is 1530. The molecule has 5 aromatic rings. The summed E-state index contributed by atoms with van der Waals surface area (Å²) in [6, 6.07) is 25.5. The number of fused-ring (bicyclic) bond motifs is 6. The Balaban J connectivity index is 1.77. The maximum Gasteiger partial charge on any atom is 0.169 e. The van der Waals surface area contributed by atoms with Crippen molar-refractivity contribution >= 4 is 54.4 Å². The summed E-state index contributed by atoms with van der Waals surface area (Å²) in [5.41, 5.74) is 5.74. The molecule has 0 spiro atoms. The van der Waals surface area contributed by atoms with Gasteiger partial charge in [0, 0.05) is 20.8 Å². The van der Waals surface area contributed by atoms with Crippen LogP contribution in [0.2, 0.25) is 0 Å². The largest absolute Gasteiger partial charge is 0.274 e. The summed E-state index contributed by atoms with van der Waals surface area (Å²) in [5, 5.41) is 12.9. The second-order valence-electron chi connectivity index (χ2n) is 8.12. The van der Waals surface area contributed by atoms with Crippen LogP contribution in [0.25, 0.3) is 38.5 Å². The average Bonchev–Trinajstić information content (AvgIpc) is 3.25. The predicted octanol–water partition coefficient (Wildman–Crippen LogP) is 7.31. The molecule has 31 heavy (non-hydrogen) atoms. The zero-order valence-electron chi connectivity index (χ0n) is 17.1. The molecule has 0 N–H and O–H groups in total. The second-order valence-corrected chi connectivity index (χ2v) is 9.04. The summed E-state index contributed by atoms with van der Waals surface area (Å²) >= 11 is 3.66. The van der Waals surface area contributed by atoms with Crippen LogP contribution >= 0.6 is 15.9 Å². The topological polar surface area (TPSA) is 30.2 Å². The molecule has 4 heteroatoms. The fourth-order valence-corrected chi connectivity index (χ4v) is 5.17. The van der Waals surface area contributed by atoms with E-state index < -0.39 is 0 Å². The number of rotatable bonds is 2. The summed E-state index contributed by atoms with van der Waals surface area (Å²) in [6.07, 6.45) is 5.51. The summed E-state index contributed by atoms with van der Waals surface area (Å²) in [4.78, 5) is 0. The number of halogens is 1. The Kier molecular flexibility index (Phi) is 4.29. The third-order valence-corrected chi connectivity index (χ3v) is 6.70. The van der Waals surface area contributed by atoms with Crippen LogP contribution in [-0.4, -0.2) is 14.6 Å². The maximum atomic E-state index is 4.74. The molecule has 1 unspecified atom stereocenters. The van der Waals surface area contributed by atoms with Gasteiger partial charge < -0.3 is 0 Å². The number of hydrogen-bond donors (Lipinski definition) is 0. The molecule has 1 aliphatic rings. The number of benzene rings is 3. The van der Waals surface area contributed by atoms with Gasteiger partial charge in [0.1, 0.15) is 0 Å². The molecular formula is C27H20BrN3. The SMILES string of the molecule is CC1CC=CC(c2nnc3c4ccccc4c4cc(Br)ccc4n23)=C1c1ccccc1. The fourth-order valence-electron chi connectivity index (χ4n) is 4.81. The highest BCUT2D eigenvalue weighted by Crippen LogP contribution is 2.39. The first-order valence-corrected chi connectivity index (χ1v) is 11.3. The van der Waals surface area contributed by atoms with Gasteiger partial charge in [-0.1, -0.05) is 89.6 Å². The van der Waals surface area contributed by atoms with E-state index in [0.29, 0.717) is 5.92 Å². The van der Waals surface area contributed by atoms with Crippen LogP contribution < -0.4 is 0 Å². The Morgan fingerprint density at radius 3 is 2.48 bits per heavy atom. The smallest absolute Gasteiger partial charge is 0.169 e. The van der Waals surface area contributed by atoms with Gasteiger partial charge in [-0.15, -0.1) is 10.2 Å². The van der Waals surface area contributed by atoms with Gasteiger partial charge in [0.05, 0.1) is 5.52 Å². The Morgan fingerprint density at radius 2 is 1.65 bits per heavy atom. The zero-order valence-corrected chi connectivity index (χ0v) is 18.7. The second kappa shape index (κ2) is 7.17. The van der Waals surface area contributed by atoms with Gasteiger partial charge in [-0.25, -0.2) is 0 Å². The molecule has 0 aliphatic heterocycles. The summed E-state index contributed by atoms with van der Waals surface area (Å²) in [6.45, 7) is 2.29. The molecule has 0 saturated carbocycles. The van der Waals surface area contributed by atoms with E-state index in [1.54, 1.807) is 0 Å². The molecule has 0 radical (unpaired) electrons. The van der Waals surface area contributed by atoms with Gasteiger partial charge >= 0.3 is 0 Å². The first-order valence-electron chi connectivity index (χ1n) is 10.5. The van der Waals surface area contributed by atoms with E-state index in [2.05, 4.69) is 117 Å². The Morgan fingerprint density at radius 1 is 0.871 bits per heavy atom. The van der Waals surface area contributed by atoms with E-state index in [-0.39, 0.29) is 0 Å². The van der Waals surface area contributed by atoms with Gasteiger partial charge in [0.25, 0.3) is 0 Å². The minimum atomic E-state index is 0.413. The normalized spacial score (nSPS) is 16.6. The average molecular weight is 466 g/mol. The monoisotopic (exact) mass is 465 g/mol. The molecule has 6 rings (SSSR count). The van der Waals surface area contributed by atoms with E-state index in [1.165, 1.54) is 21.9 Å². The van der Waals surface area contributed by atoms with Crippen LogP contribution in [0.3, 0.4) is 0 Å². The van der Waals surface area contributed by atoms with Crippen molar-refractivity contribution in [3.63, 3.8) is 0 Å². The van der Waals surface area contributed by atoms with E-state index in [9.17, 15) is 0 Å². The van der Waals surface area contributed by atoms with Gasteiger partial charge in [0.2, 0.25) is 0 Å². The van der Waals surface area contributed by atoms with Gasteiger partial charge in [-0.2, -0.15) is 0 Å². The van der Waals surface area contributed by atoms with Crippen LogP contribution in [0.4, 0.5) is 0 Å². The van der Waals surface area contributed by atoms with Crippen molar-refractivity contribution in [3.8, 4) is 0 Å². The van der Waals surface area contributed by atoms with Crippen LogP contribution in [0.1, 0.15) is 24.7 Å². The molecule has 3 aromatic carbocycles. The molecule has 0 bridgehead atoms. The van der Waals surface area contributed by atoms with Gasteiger partial charge in [-0.05, 0) is 47.1 Å². The maximum absolute atomic E-state index is 4.74. The standard InChI is InChI=1S/C27H20BrN3/c1-17-8-7-13-22(25(17)18-9-3-2-4-10-18)27-30-29-26-21-12-6-5-11-20(21)23-16-19(28)14-15-24(23)31(26)27/h2-7,9-17H,8H2,1H3. The minimum Gasteiger partial charge on any atom is -0.274 e. The molecule has 1 aliphatic carbocycles. The van der Waals surface area contributed by atoms with E-state index in [0.717, 1.165) is 38.8 Å². The summed E-state index contributed by atoms with van der Waals surface area (Å²) in [5.74, 6) is 1.31. The molecule has 0 fully saturated rings. The van der Waals surface area contributed by atoms with Gasteiger partial charge in [0.15, 0.2) is 11.5 Å². The zero-order chi connectivity index (χ0) is 20.9. The van der Waals surface area contributed by atoms with Crippen molar-refractivity contribution in [1.82, 2.24) is 14.6 Å². The van der Waals surface area contributed by atoms with E-state index >= 15 is 0 Å². The quantitative estimate of drug-likeness (QED) is 0.256. The number of hydrogen-bond acceptors (Lipinski definition) is 2. The van der Waals surface area contributed by atoms with Crippen molar-refractivity contribution in [2.75, 3.05) is 0 Å². The molecule has 0 saturated heterocycles. The lowest BCUT2D eigenvalue weighted by atomic mass is 9.83. The van der Waals surface area contributed by atoms with E-state index in [1.807, 2.05) is 0 Å². The fraction of sp³-hybridized carbons (Fsp3) is 0.111. The van der Waals surface area contributed by atoms with Crippen molar-refractivity contribution in [1.29, 1.82) is 0 Å². The molecule has 3 nitrogen and oxygen atoms in total. The number of pyridine rings is 1. The molecule has 2 aromatic heterocycles. The molecule has 150 valence electrons.